The molecule has 0 aliphatic heterocycles. The summed E-state index contributed by atoms with van der Waals surface area (Å²) in [6.07, 6.45) is 6.27. The van der Waals surface area contributed by atoms with E-state index in [1.165, 1.54) is 33.4 Å². The van der Waals surface area contributed by atoms with Crippen molar-refractivity contribution in [1.82, 2.24) is 0 Å². The number of hydrogen-bond acceptors (Lipinski definition) is 1. The van der Waals surface area contributed by atoms with Crippen molar-refractivity contribution >= 4 is 31.9 Å². The predicted octanol–water partition coefficient (Wildman–Crippen LogP) is 9.28. The van der Waals surface area contributed by atoms with Gasteiger partial charge in [-0.25, -0.2) is 0 Å². The quantitative estimate of drug-likeness (QED) is 0.128. The van der Waals surface area contributed by atoms with Gasteiger partial charge in [-0.2, -0.15) is 0 Å². The average Bonchev–Trinajstić information content (AvgIpc) is 2.96. The van der Waals surface area contributed by atoms with Gasteiger partial charge in [0.1, 0.15) is 0 Å². The minimum atomic E-state index is 0.169. The van der Waals surface area contributed by atoms with Gasteiger partial charge in [-0.05, 0) is 71.9 Å². The van der Waals surface area contributed by atoms with Crippen LogP contribution in [0.4, 0.5) is 0 Å². The lowest BCUT2D eigenvalue weighted by Crippen LogP contribution is -2.27. The second kappa shape index (κ2) is 15.3. The van der Waals surface area contributed by atoms with Crippen molar-refractivity contribution in [2.24, 2.45) is 0 Å². The van der Waals surface area contributed by atoms with E-state index >= 15 is 0 Å². The van der Waals surface area contributed by atoms with E-state index < -0.39 is 0 Å². The molecule has 0 amide bonds. The fraction of sp³-hybridized carbons (Fsp3) is 0.294. The van der Waals surface area contributed by atoms with Gasteiger partial charge in [-0.15, -0.1) is 0 Å². The molecule has 37 heavy (non-hydrogen) atoms. The van der Waals surface area contributed by atoms with Crippen LogP contribution in [0.2, 0.25) is 0 Å². The van der Waals surface area contributed by atoms with Crippen LogP contribution in [0.5, 0.6) is 0 Å². The fourth-order valence-electron chi connectivity index (χ4n) is 4.71. The first-order chi connectivity index (χ1) is 18.2. The molecular weight excluding hydrogens is 584 g/mol. The molecule has 4 aromatic carbocycles. The van der Waals surface area contributed by atoms with Crippen LogP contribution in [-0.2, 0) is 41.1 Å². The van der Waals surface area contributed by atoms with Crippen LogP contribution >= 0.6 is 31.9 Å². The summed E-state index contributed by atoms with van der Waals surface area (Å²) in [4.78, 5) is 0. The first-order valence-corrected chi connectivity index (χ1v) is 15.5. The van der Waals surface area contributed by atoms with Crippen molar-refractivity contribution < 1.29 is 4.74 Å². The Morgan fingerprint density at radius 2 is 0.784 bits per heavy atom. The molecule has 0 aromatic heterocycles. The molecule has 0 N–H and O–H groups in total. The second-order valence-electron chi connectivity index (χ2n) is 9.74. The van der Waals surface area contributed by atoms with Crippen molar-refractivity contribution in [2.75, 3.05) is 0 Å². The average molecular weight is 620 g/mol. The van der Waals surface area contributed by atoms with Gasteiger partial charge in [0.05, 0.1) is 12.2 Å². The van der Waals surface area contributed by atoms with Gasteiger partial charge in [0.2, 0.25) is 0 Å². The van der Waals surface area contributed by atoms with E-state index in [4.69, 9.17) is 4.74 Å². The Kier molecular flexibility index (Phi) is 11.5. The van der Waals surface area contributed by atoms with E-state index in [0.29, 0.717) is 0 Å². The smallest absolute Gasteiger partial charge is 0.0622 e. The van der Waals surface area contributed by atoms with E-state index in [2.05, 4.69) is 141 Å². The molecule has 2 atom stereocenters. The molecule has 0 aliphatic rings. The Morgan fingerprint density at radius 3 is 1.14 bits per heavy atom. The van der Waals surface area contributed by atoms with E-state index in [1.54, 1.807) is 0 Å². The highest BCUT2D eigenvalue weighted by molar-refractivity contribution is 9.08. The molecule has 0 spiro atoms. The van der Waals surface area contributed by atoms with Crippen molar-refractivity contribution in [3.8, 4) is 0 Å². The third kappa shape index (κ3) is 9.56. The number of rotatable bonds is 14. The van der Waals surface area contributed by atoms with Gasteiger partial charge >= 0.3 is 0 Å². The molecule has 192 valence electrons. The second-order valence-corrected chi connectivity index (χ2v) is 10.9. The molecule has 0 aliphatic carbocycles. The number of aryl methyl sites for hydroxylation is 2. The van der Waals surface area contributed by atoms with E-state index in [9.17, 15) is 0 Å². The summed E-state index contributed by atoms with van der Waals surface area (Å²) in [5, 5.41) is 1.79. The summed E-state index contributed by atoms with van der Waals surface area (Å²) in [6, 6.07) is 39.5. The summed E-state index contributed by atoms with van der Waals surface area (Å²) < 4.78 is 6.98. The molecule has 4 rings (SSSR count). The Morgan fingerprint density at radius 1 is 0.432 bits per heavy atom. The monoisotopic (exact) mass is 618 g/mol. The van der Waals surface area contributed by atoms with Crippen LogP contribution in [0.1, 0.15) is 46.2 Å². The van der Waals surface area contributed by atoms with Gasteiger partial charge in [0.15, 0.2) is 0 Å². The molecule has 0 radical (unpaired) electrons. The third-order valence-electron chi connectivity index (χ3n) is 6.86. The van der Waals surface area contributed by atoms with Gasteiger partial charge in [-0.3, -0.25) is 0 Å². The zero-order chi connectivity index (χ0) is 25.7. The standard InChI is InChI=1S/C34H36Br2O/c35-25-31-15-11-27(12-16-31)19-21-33(23-29-7-3-1-4-8-29)37-34(24-30-9-5-2-6-10-30)22-20-28-13-17-32(26-36)18-14-28/h1-18,33-34H,19-26H2. The summed E-state index contributed by atoms with van der Waals surface area (Å²) in [6.45, 7) is 0. The van der Waals surface area contributed by atoms with Gasteiger partial charge in [-0.1, -0.05) is 141 Å². The molecule has 0 heterocycles. The molecule has 0 fully saturated rings. The summed E-state index contributed by atoms with van der Waals surface area (Å²) >= 11 is 7.10. The molecule has 4 aromatic rings. The zero-order valence-corrected chi connectivity index (χ0v) is 24.5. The topological polar surface area (TPSA) is 9.23 Å². The molecule has 2 unspecified atom stereocenters. The van der Waals surface area contributed by atoms with E-state index in [1.807, 2.05) is 0 Å². The van der Waals surface area contributed by atoms with Crippen LogP contribution in [-0.4, -0.2) is 12.2 Å². The van der Waals surface area contributed by atoms with Crippen LogP contribution in [0.15, 0.2) is 109 Å². The number of halogens is 2. The first-order valence-electron chi connectivity index (χ1n) is 13.2. The lowest BCUT2D eigenvalue weighted by atomic mass is 9.98. The van der Waals surface area contributed by atoms with Gasteiger partial charge in [0.25, 0.3) is 0 Å². The summed E-state index contributed by atoms with van der Waals surface area (Å²) in [7, 11) is 0. The van der Waals surface area contributed by atoms with Crippen molar-refractivity contribution in [3.63, 3.8) is 0 Å². The molecule has 0 saturated carbocycles. The normalized spacial score (nSPS) is 12.8. The van der Waals surface area contributed by atoms with Gasteiger partial charge < -0.3 is 4.74 Å². The SMILES string of the molecule is BrCc1ccc(CCC(Cc2ccccc2)OC(CCc2ccc(CBr)cc2)Cc2ccccc2)cc1. The molecule has 3 heteroatoms. The summed E-state index contributed by atoms with van der Waals surface area (Å²) in [5.74, 6) is 0. The van der Waals surface area contributed by atoms with Crippen LogP contribution in [0.3, 0.4) is 0 Å². The van der Waals surface area contributed by atoms with Crippen LogP contribution in [0, 0.1) is 0 Å². The maximum Gasteiger partial charge on any atom is 0.0622 e. The molecule has 0 saturated heterocycles. The number of hydrogen-bond donors (Lipinski definition) is 0. The maximum absolute atomic E-state index is 6.98. The Balaban J connectivity index is 1.47. The highest BCUT2D eigenvalue weighted by atomic mass is 79.9. The van der Waals surface area contributed by atoms with Crippen molar-refractivity contribution in [3.05, 3.63) is 143 Å². The molecular formula is C34H36Br2O. The minimum absolute atomic E-state index is 0.169. The Hall–Kier alpha value is -2.20. The van der Waals surface area contributed by atoms with Crippen molar-refractivity contribution in [2.45, 2.75) is 61.4 Å². The molecule has 1 nitrogen and oxygen atoms in total. The third-order valence-corrected chi connectivity index (χ3v) is 8.16. The predicted molar refractivity (Wildman–Crippen MR) is 164 cm³/mol. The Labute approximate surface area is 239 Å². The highest BCUT2D eigenvalue weighted by Crippen LogP contribution is 2.21. The van der Waals surface area contributed by atoms with Gasteiger partial charge in [0, 0.05) is 10.7 Å². The summed E-state index contributed by atoms with van der Waals surface area (Å²) in [5.41, 5.74) is 8.05. The zero-order valence-electron chi connectivity index (χ0n) is 21.4. The number of alkyl halides is 2. The highest BCUT2D eigenvalue weighted by Gasteiger charge is 2.19. The van der Waals surface area contributed by atoms with Crippen LogP contribution in [0.25, 0.3) is 0 Å². The largest absolute Gasteiger partial charge is 0.374 e. The molecule has 0 bridgehead atoms. The lowest BCUT2D eigenvalue weighted by molar-refractivity contribution is -0.0191. The van der Waals surface area contributed by atoms with Crippen LogP contribution < -0.4 is 0 Å². The number of benzene rings is 4. The van der Waals surface area contributed by atoms with E-state index in [-0.39, 0.29) is 12.2 Å². The van der Waals surface area contributed by atoms with Crippen molar-refractivity contribution in [1.29, 1.82) is 0 Å². The van der Waals surface area contributed by atoms with E-state index in [0.717, 1.165) is 49.2 Å². The first kappa shape index (κ1) is 27.8. The lowest BCUT2D eigenvalue weighted by Gasteiger charge is -2.26. The maximum atomic E-state index is 6.98. The number of ether oxygens (including phenoxy) is 1. The fourth-order valence-corrected chi connectivity index (χ4v) is 5.46. The Bertz CT molecular complexity index is 1060. The minimum Gasteiger partial charge on any atom is -0.374 e.